The van der Waals surface area contributed by atoms with Crippen molar-refractivity contribution in [3.63, 3.8) is 0 Å². The molecule has 3 N–H and O–H groups in total. The standard InChI is InChI=1S/C12H14ClN3OS2/c1-18-5-4-8(14)11(17)16-12-15-9-3-2-7(13)6-10(9)19-12/h2-3,6,8H,4-5,14H2,1H3,(H,15,16,17)/t8-/m0/s1. The number of hydrogen-bond donors (Lipinski definition) is 2. The van der Waals surface area contributed by atoms with E-state index in [1.807, 2.05) is 18.4 Å². The van der Waals surface area contributed by atoms with E-state index in [0.29, 0.717) is 16.6 Å². The summed E-state index contributed by atoms with van der Waals surface area (Å²) in [6.45, 7) is 0. The molecule has 1 aromatic carbocycles. The van der Waals surface area contributed by atoms with Crippen molar-refractivity contribution < 1.29 is 4.79 Å². The molecule has 0 spiro atoms. The molecule has 0 saturated carbocycles. The lowest BCUT2D eigenvalue weighted by molar-refractivity contribution is -0.117. The first-order chi connectivity index (χ1) is 9.10. The highest BCUT2D eigenvalue weighted by molar-refractivity contribution is 7.98. The van der Waals surface area contributed by atoms with Gasteiger partial charge in [-0.3, -0.25) is 4.79 Å². The maximum Gasteiger partial charge on any atom is 0.243 e. The number of nitrogens with zero attached hydrogens (tertiary/aromatic N) is 1. The third-order valence-corrected chi connectivity index (χ3v) is 4.36. The minimum absolute atomic E-state index is 0.195. The number of amides is 1. The van der Waals surface area contributed by atoms with Gasteiger partial charge in [-0.05, 0) is 36.6 Å². The summed E-state index contributed by atoms with van der Waals surface area (Å²) in [5.74, 6) is 0.670. The number of aromatic nitrogens is 1. The Morgan fingerprint density at radius 1 is 1.63 bits per heavy atom. The van der Waals surface area contributed by atoms with Gasteiger partial charge in [0.2, 0.25) is 5.91 Å². The van der Waals surface area contributed by atoms with Crippen molar-refractivity contribution in [2.75, 3.05) is 17.3 Å². The number of thioether (sulfide) groups is 1. The van der Waals surface area contributed by atoms with Crippen LogP contribution in [0.3, 0.4) is 0 Å². The molecule has 1 atom stereocenters. The molecule has 0 unspecified atom stereocenters. The second kappa shape index (κ2) is 6.56. The fraction of sp³-hybridized carbons (Fsp3) is 0.333. The van der Waals surface area contributed by atoms with E-state index >= 15 is 0 Å². The molecule has 0 aliphatic heterocycles. The highest BCUT2D eigenvalue weighted by Crippen LogP contribution is 2.28. The molecule has 0 aliphatic rings. The highest BCUT2D eigenvalue weighted by Gasteiger charge is 2.15. The number of nitrogens with two attached hydrogens (primary N) is 1. The molecule has 2 aromatic rings. The minimum Gasteiger partial charge on any atom is -0.320 e. The van der Waals surface area contributed by atoms with E-state index in [0.717, 1.165) is 16.0 Å². The number of thiazole rings is 1. The summed E-state index contributed by atoms with van der Waals surface area (Å²) in [6, 6.07) is 4.94. The van der Waals surface area contributed by atoms with Gasteiger partial charge in [0.05, 0.1) is 16.3 Å². The van der Waals surface area contributed by atoms with E-state index in [2.05, 4.69) is 10.3 Å². The average Bonchev–Trinajstić information content (AvgIpc) is 2.77. The summed E-state index contributed by atoms with van der Waals surface area (Å²) in [7, 11) is 0. The van der Waals surface area contributed by atoms with Crippen LogP contribution in [0, 0.1) is 0 Å². The first-order valence-corrected chi connectivity index (χ1v) is 8.30. The maximum atomic E-state index is 11.9. The predicted octanol–water partition coefficient (Wildman–Crippen LogP) is 2.97. The summed E-state index contributed by atoms with van der Waals surface area (Å²) in [5.41, 5.74) is 6.62. The normalized spacial score (nSPS) is 12.6. The molecule has 0 saturated heterocycles. The molecule has 0 radical (unpaired) electrons. The van der Waals surface area contributed by atoms with Crippen LogP contribution in [0.1, 0.15) is 6.42 Å². The van der Waals surface area contributed by atoms with Gasteiger partial charge < -0.3 is 11.1 Å². The van der Waals surface area contributed by atoms with Crippen molar-refractivity contribution >= 4 is 56.0 Å². The Kier molecular flexibility index (Phi) is 5.04. The van der Waals surface area contributed by atoms with Gasteiger partial charge in [0.25, 0.3) is 0 Å². The molecule has 1 aromatic heterocycles. The maximum absolute atomic E-state index is 11.9. The number of halogens is 1. The fourth-order valence-corrected chi connectivity index (χ4v) is 3.16. The van der Waals surface area contributed by atoms with Crippen molar-refractivity contribution in [3.05, 3.63) is 23.2 Å². The third kappa shape index (κ3) is 3.82. The van der Waals surface area contributed by atoms with Crippen LogP contribution in [0.25, 0.3) is 10.2 Å². The zero-order valence-corrected chi connectivity index (χ0v) is 12.7. The summed E-state index contributed by atoms with van der Waals surface area (Å²) in [5, 5.41) is 3.97. The van der Waals surface area contributed by atoms with Gasteiger partial charge in [0.1, 0.15) is 0 Å². The minimum atomic E-state index is -0.497. The molecule has 102 valence electrons. The Hall–Kier alpha value is -0.820. The molecular weight excluding hydrogens is 302 g/mol. The van der Waals surface area contributed by atoms with Crippen LogP contribution in [0.15, 0.2) is 18.2 Å². The lowest BCUT2D eigenvalue weighted by Crippen LogP contribution is -2.36. The lowest BCUT2D eigenvalue weighted by atomic mass is 10.2. The van der Waals surface area contributed by atoms with E-state index in [9.17, 15) is 4.79 Å². The van der Waals surface area contributed by atoms with Gasteiger partial charge in [-0.25, -0.2) is 4.98 Å². The lowest BCUT2D eigenvalue weighted by Gasteiger charge is -2.09. The second-order valence-electron chi connectivity index (χ2n) is 4.01. The molecule has 7 heteroatoms. The number of hydrogen-bond acceptors (Lipinski definition) is 5. The van der Waals surface area contributed by atoms with Gasteiger partial charge in [0, 0.05) is 5.02 Å². The van der Waals surface area contributed by atoms with E-state index in [4.69, 9.17) is 17.3 Å². The molecule has 0 bridgehead atoms. The van der Waals surface area contributed by atoms with E-state index in [-0.39, 0.29) is 5.91 Å². The molecule has 0 aliphatic carbocycles. The van der Waals surface area contributed by atoms with Crippen molar-refractivity contribution in [1.29, 1.82) is 0 Å². The fourth-order valence-electron chi connectivity index (χ4n) is 1.53. The first-order valence-electron chi connectivity index (χ1n) is 5.71. The van der Waals surface area contributed by atoms with Crippen molar-refractivity contribution in [2.24, 2.45) is 5.73 Å². The highest BCUT2D eigenvalue weighted by atomic mass is 35.5. The molecule has 1 heterocycles. The van der Waals surface area contributed by atoms with Gasteiger partial charge in [-0.1, -0.05) is 22.9 Å². The number of benzene rings is 1. The number of carbonyl (C=O) groups excluding carboxylic acids is 1. The monoisotopic (exact) mass is 315 g/mol. The van der Waals surface area contributed by atoms with Gasteiger partial charge in [0.15, 0.2) is 5.13 Å². The quantitative estimate of drug-likeness (QED) is 0.890. The van der Waals surface area contributed by atoms with Crippen LogP contribution in [0.5, 0.6) is 0 Å². The van der Waals surface area contributed by atoms with Crippen LogP contribution in [-0.2, 0) is 4.79 Å². The molecule has 1 amide bonds. The summed E-state index contributed by atoms with van der Waals surface area (Å²) in [6.07, 6.45) is 2.64. The molecule has 4 nitrogen and oxygen atoms in total. The van der Waals surface area contributed by atoms with Crippen LogP contribution in [0.4, 0.5) is 5.13 Å². The molecular formula is C12H14ClN3OS2. The zero-order chi connectivity index (χ0) is 13.8. The van der Waals surface area contributed by atoms with Crippen molar-refractivity contribution in [3.8, 4) is 0 Å². The molecule has 19 heavy (non-hydrogen) atoms. The Balaban J connectivity index is 2.06. The second-order valence-corrected chi connectivity index (χ2v) is 6.46. The Morgan fingerprint density at radius 3 is 3.16 bits per heavy atom. The zero-order valence-electron chi connectivity index (χ0n) is 10.4. The topological polar surface area (TPSA) is 68.0 Å². The Morgan fingerprint density at radius 2 is 2.42 bits per heavy atom. The van der Waals surface area contributed by atoms with Crippen LogP contribution in [0.2, 0.25) is 5.02 Å². The van der Waals surface area contributed by atoms with Gasteiger partial charge in [-0.15, -0.1) is 0 Å². The molecule has 2 rings (SSSR count). The number of anilines is 1. The third-order valence-electron chi connectivity index (χ3n) is 2.55. The number of fused-ring (bicyclic) bond motifs is 1. The van der Waals surface area contributed by atoms with Crippen molar-refractivity contribution in [2.45, 2.75) is 12.5 Å². The first kappa shape index (κ1) is 14.6. The van der Waals surface area contributed by atoms with Crippen LogP contribution in [-0.4, -0.2) is 28.9 Å². The number of rotatable bonds is 5. The average molecular weight is 316 g/mol. The number of carbonyl (C=O) groups is 1. The molecule has 0 fully saturated rings. The summed E-state index contributed by atoms with van der Waals surface area (Å²) < 4.78 is 0.945. The smallest absolute Gasteiger partial charge is 0.243 e. The SMILES string of the molecule is CSCC[C@H](N)C(=O)Nc1nc2ccc(Cl)cc2s1. The summed E-state index contributed by atoms with van der Waals surface area (Å²) in [4.78, 5) is 16.2. The predicted molar refractivity (Wildman–Crippen MR) is 84.2 cm³/mol. The van der Waals surface area contributed by atoms with Gasteiger partial charge in [-0.2, -0.15) is 11.8 Å². The van der Waals surface area contributed by atoms with Crippen LogP contribution < -0.4 is 11.1 Å². The van der Waals surface area contributed by atoms with E-state index in [1.54, 1.807) is 17.8 Å². The Labute approximate surface area is 124 Å². The number of nitrogens with one attached hydrogen (secondary N) is 1. The Bertz CT molecular complexity index is 587. The van der Waals surface area contributed by atoms with Crippen molar-refractivity contribution in [1.82, 2.24) is 4.98 Å². The summed E-state index contributed by atoms with van der Waals surface area (Å²) >= 11 is 8.97. The van der Waals surface area contributed by atoms with E-state index in [1.165, 1.54) is 11.3 Å². The van der Waals surface area contributed by atoms with E-state index < -0.39 is 6.04 Å². The van der Waals surface area contributed by atoms with Crippen LogP contribution >= 0.6 is 34.7 Å². The van der Waals surface area contributed by atoms with Gasteiger partial charge >= 0.3 is 0 Å². The largest absolute Gasteiger partial charge is 0.320 e.